The summed E-state index contributed by atoms with van der Waals surface area (Å²) in [5, 5.41) is 2.51. The highest BCUT2D eigenvalue weighted by molar-refractivity contribution is 7.17. The monoisotopic (exact) mass is 287 g/mol. The number of benzene rings is 1. The summed E-state index contributed by atoms with van der Waals surface area (Å²) in [7, 11) is 0. The van der Waals surface area contributed by atoms with Crippen molar-refractivity contribution < 1.29 is 18.0 Å². The van der Waals surface area contributed by atoms with E-state index >= 15 is 0 Å². The number of ketones is 1. The molecule has 0 aliphatic carbocycles. The maximum Gasteiger partial charge on any atom is 0.413 e. The van der Waals surface area contributed by atoms with E-state index in [0.29, 0.717) is 12.5 Å². The SMILES string of the molecule is CC(N)(C(=O)Cc1csc2ccccc12)C(F)(F)F. The molecule has 1 unspecified atom stereocenters. The number of nitrogens with two attached hydrogens (primary N) is 1. The van der Waals surface area contributed by atoms with E-state index in [-0.39, 0.29) is 6.42 Å². The number of alkyl halides is 3. The molecule has 1 atom stereocenters. The normalized spacial score (nSPS) is 15.4. The van der Waals surface area contributed by atoms with Gasteiger partial charge in [-0.15, -0.1) is 11.3 Å². The fraction of sp³-hybridized carbons (Fsp3) is 0.308. The van der Waals surface area contributed by atoms with Crippen LogP contribution in [0.25, 0.3) is 10.1 Å². The fourth-order valence-corrected chi connectivity index (χ4v) is 2.65. The minimum atomic E-state index is -4.74. The summed E-state index contributed by atoms with van der Waals surface area (Å²) in [6.07, 6.45) is -5.05. The molecule has 0 saturated heterocycles. The highest BCUT2D eigenvalue weighted by atomic mass is 32.1. The summed E-state index contributed by atoms with van der Waals surface area (Å²) in [5.74, 6) is -1.02. The Kier molecular flexibility index (Phi) is 3.40. The van der Waals surface area contributed by atoms with E-state index in [0.717, 1.165) is 10.1 Å². The van der Waals surface area contributed by atoms with Gasteiger partial charge in [0.05, 0.1) is 0 Å². The van der Waals surface area contributed by atoms with Crippen LogP contribution in [0.5, 0.6) is 0 Å². The van der Waals surface area contributed by atoms with Crippen LogP contribution in [-0.4, -0.2) is 17.5 Å². The van der Waals surface area contributed by atoms with Gasteiger partial charge in [-0.2, -0.15) is 13.2 Å². The molecular formula is C13H12F3NOS. The fourth-order valence-electron chi connectivity index (χ4n) is 1.68. The predicted molar refractivity (Wildman–Crippen MR) is 69.2 cm³/mol. The van der Waals surface area contributed by atoms with Crippen molar-refractivity contribution in [3.8, 4) is 0 Å². The standard InChI is InChI=1S/C13H12F3NOS/c1-12(17,13(14,15)16)11(18)6-8-7-19-10-5-3-2-4-9(8)10/h2-5,7H,6,17H2,1H3. The quantitative estimate of drug-likeness (QED) is 0.941. The minimum Gasteiger partial charge on any atom is -0.312 e. The molecule has 0 aliphatic rings. The van der Waals surface area contributed by atoms with Gasteiger partial charge in [0.15, 0.2) is 11.3 Å². The van der Waals surface area contributed by atoms with E-state index in [4.69, 9.17) is 5.73 Å². The molecule has 1 aromatic heterocycles. The molecule has 6 heteroatoms. The molecule has 0 aliphatic heterocycles. The first-order chi connectivity index (χ1) is 8.73. The molecular weight excluding hydrogens is 275 g/mol. The van der Waals surface area contributed by atoms with Crippen molar-refractivity contribution in [1.29, 1.82) is 0 Å². The largest absolute Gasteiger partial charge is 0.413 e. The lowest BCUT2D eigenvalue weighted by atomic mass is 9.92. The maximum absolute atomic E-state index is 12.7. The number of Topliss-reactive ketones (excluding diaryl/α,β-unsaturated/α-hetero) is 1. The van der Waals surface area contributed by atoms with Gasteiger partial charge in [0, 0.05) is 11.1 Å². The Balaban J connectivity index is 2.29. The summed E-state index contributed by atoms with van der Waals surface area (Å²) in [6, 6.07) is 7.27. The number of fused-ring (bicyclic) bond motifs is 1. The molecule has 0 saturated carbocycles. The third-order valence-corrected chi connectivity index (χ3v) is 4.09. The Morgan fingerprint density at radius 3 is 2.58 bits per heavy atom. The third kappa shape index (κ3) is 2.50. The van der Waals surface area contributed by atoms with Crippen LogP contribution in [0.15, 0.2) is 29.6 Å². The highest BCUT2D eigenvalue weighted by Gasteiger charge is 2.53. The zero-order valence-electron chi connectivity index (χ0n) is 10.1. The molecule has 1 aromatic carbocycles. The average Bonchev–Trinajstić information content (AvgIpc) is 2.71. The number of carbonyl (C=O) groups excluding carboxylic acids is 1. The van der Waals surface area contributed by atoms with Gasteiger partial charge in [-0.25, -0.2) is 0 Å². The highest BCUT2D eigenvalue weighted by Crippen LogP contribution is 2.32. The van der Waals surface area contributed by atoms with Gasteiger partial charge >= 0.3 is 6.18 Å². The van der Waals surface area contributed by atoms with Crippen LogP contribution in [0.3, 0.4) is 0 Å². The first-order valence-electron chi connectivity index (χ1n) is 5.57. The zero-order valence-corrected chi connectivity index (χ0v) is 10.9. The molecule has 102 valence electrons. The second-order valence-electron chi connectivity index (χ2n) is 4.56. The van der Waals surface area contributed by atoms with Gasteiger partial charge in [0.2, 0.25) is 0 Å². The van der Waals surface area contributed by atoms with Crippen LogP contribution in [0.1, 0.15) is 12.5 Å². The summed E-state index contributed by atoms with van der Waals surface area (Å²) in [6.45, 7) is 0.712. The van der Waals surface area contributed by atoms with Crippen LogP contribution < -0.4 is 5.73 Å². The lowest BCUT2D eigenvalue weighted by Gasteiger charge is -2.25. The molecule has 19 heavy (non-hydrogen) atoms. The molecule has 2 nitrogen and oxygen atoms in total. The molecule has 1 heterocycles. The predicted octanol–water partition coefficient (Wildman–Crippen LogP) is 3.29. The Morgan fingerprint density at radius 1 is 1.32 bits per heavy atom. The van der Waals surface area contributed by atoms with Crippen LogP contribution in [0.4, 0.5) is 13.2 Å². The van der Waals surface area contributed by atoms with Crippen molar-refractivity contribution in [3.05, 3.63) is 35.2 Å². The molecule has 2 N–H and O–H groups in total. The molecule has 0 amide bonds. The van der Waals surface area contributed by atoms with Crippen molar-refractivity contribution in [2.75, 3.05) is 0 Å². The van der Waals surface area contributed by atoms with E-state index in [1.165, 1.54) is 11.3 Å². The van der Waals surface area contributed by atoms with Crippen molar-refractivity contribution in [2.24, 2.45) is 5.73 Å². The summed E-state index contributed by atoms with van der Waals surface area (Å²) >= 11 is 1.40. The number of carbonyl (C=O) groups is 1. The van der Waals surface area contributed by atoms with E-state index in [1.54, 1.807) is 17.5 Å². The van der Waals surface area contributed by atoms with Gasteiger partial charge in [-0.05, 0) is 29.3 Å². The lowest BCUT2D eigenvalue weighted by Crippen LogP contribution is -2.57. The molecule has 2 rings (SSSR count). The van der Waals surface area contributed by atoms with Gasteiger partial charge in [0.1, 0.15) is 0 Å². The summed E-state index contributed by atoms with van der Waals surface area (Å²) in [5.41, 5.74) is 2.91. The smallest absolute Gasteiger partial charge is 0.312 e. The van der Waals surface area contributed by atoms with E-state index in [2.05, 4.69) is 0 Å². The number of rotatable bonds is 3. The Hall–Kier alpha value is -1.40. The van der Waals surface area contributed by atoms with Gasteiger partial charge in [0.25, 0.3) is 0 Å². The first-order valence-corrected chi connectivity index (χ1v) is 6.45. The Labute approximate surface area is 112 Å². The van der Waals surface area contributed by atoms with Crippen LogP contribution >= 0.6 is 11.3 Å². The molecule has 0 radical (unpaired) electrons. The zero-order chi connectivity index (χ0) is 14.3. The van der Waals surface area contributed by atoms with Crippen LogP contribution in [0, 0.1) is 0 Å². The van der Waals surface area contributed by atoms with E-state index < -0.39 is 17.5 Å². The number of hydrogen-bond acceptors (Lipinski definition) is 3. The average molecular weight is 287 g/mol. The third-order valence-electron chi connectivity index (χ3n) is 3.08. The number of thiophene rings is 1. The van der Waals surface area contributed by atoms with Crippen molar-refractivity contribution >= 4 is 27.2 Å². The topological polar surface area (TPSA) is 43.1 Å². The maximum atomic E-state index is 12.7. The summed E-state index contributed by atoms with van der Waals surface area (Å²) < 4.78 is 39.0. The van der Waals surface area contributed by atoms with Gasteiger partial charge < -0.3 is 5.73 Å². The molecule has 0 fully saturated rings. The first kappa shape index (κ1) is 14.0. The second kappa shape index (κ2) is 4.61. The van der Waals surface area contributed by atoms with Gasteiger partial charge in [-0.3, -0.25) is 4.79 Å². The van der Waals surface area contributed by atoms with E-state index in [1.807, 2.05) is 12.1 Å². The molecule has 0 spiro atoms. The molecule has 0 bridgehead atoms. The molecule has 2 aromatic rings. The minimum absolute atomic E-state index is 0.309. The lowest BCUT2D eigenvalue weighted by molar-refractivity contribution is -0.185. The number of hydrogen-bond donors (Lipinski definition) is 1. The number of halogens is 3. The van der Waals surface area contributed by atoms with E-state index in [9.17, 15) is 18.0 Å². The van der Waals surface area contributed by atoms with Crippen molar-refractivity contribution in [2.45, 2.75) is 25.1 Å². The van der Waals surface area contributed by atoms with Crippen LogP contribution in [-0.2, 0) is 11.2 Å². The second-order valence-corrected chi connectivity index (χ2v) is 5.47. The van der Waals surface area contributed by atoms with Crippen molar-refractivity contribution in [1.82, 2.24) is 0 Å². The van der Waals surface area contributed by atoms with Crippen LogP contribution in [0.2, 0.25) is 0 Å². The Bertz CT molecular complexity index is 616. The summed E-state index contributed by atoms with van der Waals surface area (Å²) in [4.78, 5) is 11.8. The van der Waals surface area contributed by atoms with Gasteiger partial charge in [-0.1, -0.05) is 18.2 Å². The van der Waals surface area contributed by atoms with Crippen molar-refractivity contribution in [3.63, 3.8) is 0 Å². The Morgan fingerprint density at radius 2 is 1.95 bits per heavy atom.